The molecule has 1 saturated heterocycles. The molecule has 1 heterocycles. The van der Waals surface area contributed by atoms with Crippen molar-refractivity contribution in [2.24, 2.45) is 0 Å². The van der Waals surface area contributed by atoms with Crippen LogP contribution in [0.4, 0.5) is 14.4 Å². The number of carbonyl (C=O) groups excluding carboxylic acids is 1. The molecule has 9 heteroatoms. The van der Waals surface area contributed by atoms with Crippen molar-refractivity contribution in [3.63, 3.8) is 0 Å². The van der Waals surface area contributed by atoms with Crippen molar-refractivity contribution in [2.75, 3.05) is 37.7 Å². The molecule has 1 aliphatic heterocycles. The Morgan fingerprint density at radius 1 is 0.950 bits per heavy atom. The van der Waals surface area contributed by atoms with E-state index in [0.717, 1.165) is 27.9 Å². The van der Waals surface area contributed by atoms with E-state index in [9.17, 15) is 17.1 Å². The fourth-order valence-electron chi connectivity index (χ4n) is 6.10. The predicted octanol–water partition coefficient (Wildman–Crippen LogP) is 5.45. The first-order chi connectivity index (χ1) is 19.1. The lowest BCUT2D eigenvalue weighted by Gasteiger charge is -2.38. The number of fused-ring (bicyclic) bond motifs is 3. The number of hydrogen-bond donors (Lipinski definition) is 0. The lowest BCUT2D eigenvalue weighted by Crippen LogP contribution is -2.49. The Morgan fingerprint density at radius 3 is 2.08 bits per heavy atom. The molecule has 0 N–H and O–H groups in total. The van der Waals surface area contributed by atoms with Crippen LogP contribution in [0.15, 0.2) is 48.5 Å². The van der Waals surface area contributed by atoms with Gasteiger partial charge in [-0.15, -0.1) is 12.3 Å². The number of ether oxygens (including phenoxy) is 1. The molecule has 0 aromatic heterocycles. The summed E-state index contributed by atoms with van der Waals surface area (Å²) in [6.07, 6.45) is 5.43. The summed E-state index contributed by atoms with van der Waals surface area (Å²) >= 11 is 0. The quantitative estimate of drug-likeness (QED) is 0.294. The molecule has 3 aromatic rings. The largest absolute Gasteiger partial charge is 0.488 e. The van der Waals surface area contributed by atoms with E-state index < -0.39 is 10.5 Å². The van der Waals surface area contributed by atoms with Gasteiger partial charge in [0.25, 0.3) is 0 Å². The molecule has 5 rings (SSSR count). The lowest BCUT2D eigenvalue weighted by atomic mass is 9.93. The Bertz CT molecular complexity index is 1580. The highest BCUT2D eigenvalue weighted by molar-refractivity contribution is 7.81. The van der Waals surface area contributed by atoms with Crippen molar-refractivity contribution < 1.29 is 26.0 Å². The number of carbonyl (C=O) groups is 1. The third kappa shape index (κ3) is 5.11. The van der Waals surface area contributed by atoms with Gasteiger partial charge in [-0.1, -0.05) is 52.4 Å². The van der Waals surface area contributed by atoms with Crippen LogP contribution in [0.3, 0.4) is 0 Å². The second kappa shape index (κ2) is 10.9. The first-order valence-corrected chi connectivity index (χ1v) is 14.5. The molecular formula is C31H31FN2O5S. The molecule has 40 heavy (non-hydrogen) atoms. The number of anilines is 1. The highest BCUT2D eigenvalue weighted by atomic mass is 32.3. The number of terminal acetylenes is 1. The van der Waals surface area contributed by atoms with Crippen molar-refractivity contribution in [2.45, 2.75) is 33.1 Å². The molecule has 2 aliphatic rings. The minimum Gasteiger partial charge on any atom is -0.448 e. The summed E-state index contributed by atoms with van der Waals surface area (Å²) in [5.41, 5.74) is 8.00. The van der Waals surface area contributed by atoms with Crippen LogP contribution in [0.25, 0.3) is 11.1 Å². The predicted molar refractivity (Wildman–Crippen MR) is 153 cm³/mol. The maximum absolute atomic E-state index is 13.6. The number of piperazine rings is 1. The van der Waals surface area contributed by atoms with Crippen molar-refractivity contribution in [3.8, 4) is 29.2 Å². The maximum atomic E-state index is 13.6. The van der Waals surface area contributed by atoms with Crippen LogP contribution >= 0.6 is 0 Å². The molecule has 0 saturated carbocycles. The average molecular weight is 563 g/mol. The average Bonchev–Trinajstić information content (AvgIpc) is 3.26. The Hall–Kier alpha value is -4.03. The van der Waals surface area contributed by atoms with E-state index in [1.165, 1.54) is 11.1 Å². The standard InChI is InChI=1S/C31H31FN2O5S/c1-5-10-23-20(2)29(22(4)30(21(23)3)39-40(32,36)37)33-15-17-34(18-16-33)31(35)38-19-28-26-13-8-6-11-24(26)25-12-7-9-14-27(25)28/h1,6-9,11-14,28H,10,15-19H2,2-4H3. The third-order valence-electron chi connectivity index (χ3n) is 7.95. The third-order valence-corrected chi connectivity index (χ3v) is 8.31. The molecule has 0 bridgehead atoms. The van der Waals surface area contributed by atoms with Crippen molar-refractivity contribution >= 4 is 22.3 Å². The fraction of sp³-hybridized carbons (Fsp3) is 0.323. The van der Waals surface area contributed by atoms with Crippen LogP contribution in [0.1, 0.15) is 39.3 Å². The molecule has 0 radical (unpaired) electrons. The van der Waals surface area contributed by atoms with Crippen LogP contribution in [0.2, 0.25) is 0 Å². The molecule has 1 aliphatic carbocycles. The molecule has 1 fully saturated rings. The van der Waals surface area contributed by atoms with Gasteiger partial charge in [-0.25, -0.2) is 4.79 Å². The van der Waals surface area contributed by atoms with Gasteiger partial charge in [-0.2, -0.15) is 8.42 Å². The van der Waals surface area contributed by atoms with Gasteiger partial charge in [0.15, 0.2) is 5.75 Å². The van der Waals surface area contributed by atoms with E-state index in [1.54, 1.807) is 18.7 Å². The maximum Gasteiger partial charge on any atom is 0.488 e. The van der Waals surface area contributed by atoms with E-state index >= 15 is 0 Å². The molecular weight excluding hydrogens is 531 g/mol. The van der Waals surface area contributed by atoms with Crippen molar-refractivity contribution in [3.05, 3.63) is 81.9 Å². The Labute approximate surface area is 234 Å². The van der Waals surface area contributed by atoms with Crippen LogP contribution in [-0.2, 0) is 21.7 Å². The summed E-state index contributed by atoms with van der Waals surface area (Å²) in [7, 11) is -5.22. The molecule has 0 atom stereocenters. The minimum absolute atomic E-state index is 0.0183. The molecule has 0 unspecified atom stereocenters. The Balaban J connectivity index is 1.30. The zero-order valence-corrected chi connectivity index (χ0v) is 23.6. The Morgan fingerprint density at radius 2 is 1.52 bits per heavy atom. The molecule has 1 amide bonds. The fourth-order valence-corrected chi connectivity index (χ4v) is 6.54. The van der Waals surface area contributed by atoms with Gasteiger partial charge in [-0.05, 0) is 59.7 Å². The Kier molecular flexibility index (Phi) is 7.47. The lowest BCUT2D eigenvalue weighted by molar-refractivity contribution is 0.0976. The van der Waals surface area contributed by atoms with E-state index in [-0.39, 0.29) is 30.8 Å². The van der Waals surface area contributed by atoms with E-state index in [2.05, 4.69) is 35.1 Å². The van der Waals surface area contributed by atoms with Gasteiger partial charge < -0.3 is 18.7 Å². The summed E-state index contributed by atoms with van der Waals surface area (Å²) in [4.78, 5) is 16.8. The second-order valence-corrected chi connectivity index (χ2v) is 11.1. The summed E-state index contributed by atoms with van der Waals surface area (Å²) in [6, 6.07) is 16.4. The number of nitrogens with zero attached hydrogens (tertiary/aromatic N) is 2. The highest BCUT2D eigenvalue weighted by Gasteiger charge is 2.31. The number of amides is 1. The van der Waals surface area contributed by atoms with Crippen LogP contribution in [-0.4, -0.2) is 52.2 Å². The molecule has 0 spiro atoms. The van der Waals surface area contributed by atoms with Crippen LogP contribution in [0, 0.1) is 33.1 Å². The van der Waals surface area contributed by atoms with Crippen molar-refractivity contribution in [1.82, 2.24) is 4.90 Å². The second-order valence-electron chi connectivity index (χ2n) is 10.2. The zero-order valence-electron chi connectivity index (χ0n) is 22.7. The van der Waals surface area contributed by atoms with Gasteiger partial charge >= 0.3 is 16.6 Å². The SMILES string of the molecule is C#CCc1c(C)c(OS(=O)(=O)F)c(C)c(N2CCN(C(=O)OCC3c4ccccc4-c4ccccc43)CC2)c1C. The highest BCUT2D eigenvalue weighted by Crippen LogP contribution is 2.44. The topological polar surface area (TPSA) is 76.2 Å². The minimum atomic E-state index is -5.22. The van der Waals surface area contributed by atoms with Gasteiger partial charge in [0.2, 0.25) is 0 Å². The van der Waals surface area contributed by atoms with Gasteiger partial charge in [0.1, 0.15) is 6.61 Å². The number of hydrogen-bond acceptors (Lipinski definition) is 6. The summed E-state index contributed by atoms with van der Waals surface area (Å²) in [5, 5.41) is 0. The summed E-state index contributed by atoms with van der Waals surface area (Å²) in [5.74, 6) is 2.52. The number of rotatable bonds is 6. The van der Waals surface area contributed by atoms with E-state index in [0.29, 0.717) is 37.3 Å². The summed E-state index contributed by atoms with van der Waals surface area (Å²) in [6.45, 7) is 7.31. The molecule has 7 nitrogen and oxygen atoms in total. The van der Waals surface area contributed by atoms with Gasteiger partial charge in [-0.3, -0.25) is 0 Å². The smallest absolute Gasteiger partial charge is 0.448 e. The van der Waals surface area contributed by atoms with Gasteiger partial charge in [0.05, 0.1) is 0 Å². The normalized spacial score (nSPS) is 14.9. The first-order valence-electron chi connectivity index (χ1n) is 13.2. The molecule has 208 valence electrons. The van der Waals surface area contributed by atoms with E-state index in [1.807, 2.05) is 31.2 Å². The monoisotopic (exact) mass is 562 g/mol. The zero-order chi connectivity index (χ0) is 28.6. The van der Waals surface area contributed by atoms with Crippen LogP contribution in [0.5, 0.6) is 5.75 Å². The van der Waals surface area contributed by atoms with Crippen molar-refractivity contribution in [1.29, 1.82) is 0 Å². The number of halogens is 1. The first kappa shape index (κ1) is 27.5. The molecule has 3 aromatic carbocycles. The van der Waals surface area contributed by atoms with Crippen LogP contribution < -0.4 is 9.08 Å². The van der Waals surface area contributed by atoms with Gasteiger partial charge in [0, 0.05) is 49.8 Å². The number of benzene rings is 3. The summed E-state index contributed by atoms with van der Waals surface area (Å²) < 4.78 is 46.8. The van der Waals surface area contributed by atoms with E-state index in [4.69, 9.17) is 15.3 Å².